The fourth-order valence-corrected chi connectivity index (χ4v) is 2.00. The first kappa shape index (κ1) is 16.9. The summed E-state index contributed by atoms with van der Waals surface area (Å²) in [5.74, 6) is 2.52. The van der Waals surface area contributed by atoms with Crippen molar-refractivity contribution >= 4 is 35.6 Å². The zero-order chi connectivity index (χ0) is 13.7. The molecule has 0 bridgehead atoms. The number of anilines is 1. The molecular weight excluding hydrogens is 369 g/mol. The Hall–Kier alpha value is -1.18. The van der Waals surface area contributed by atoms with Crippen LogP contribution in [0.3, 0.4) is 0 Å². The number of nitrogens with two attached hydrogens (primary N) is 1. The number of halogens is 1. The second-order valence-corrected chi connectivity index (χ2v) is 4.72. The average Bonchev–Trinajstić information content (AvgIpc) is 2.36. The molecule has 1 aliphatic carbocycles. The molecule has 3 N–H and O–H groups in total. The minimum atomic E-state index is 0. The summed E-state index contributed by atoms with van der Waals surface area (Å²) in [5, 5.41) is 3.06. The van der Waals surface area contributed by atoms with Crippen molar-refractivity contribution in [2.45, 2.75) is 19.3 Å². The molecule has 0 spiro atoms. The van der Waals surface area contributed by atoms with Gasteiger partial charge in [-0.25, -0.2) is 0 Å². The van der Waals surface area contributed by atoms with E-state index in [1.807, 2.05) is 18.2 Å². The number of aliphatic imine (C=N–C) groups is 1. The molecule has 20 heavy (non-hydrogen) atoms. The second kappa shape index (κ2) is 8.18. The van der Waals surface area contributed by atoms with Crippen LogP contribution in [0.2, 0.25) is 0 Å². The molecule has 2 rings (SSSR count). The van der Waals surface area contributed by atoms with E-state index in [2.05, 4.69) is 10.3 Å². The third kappa shape index (κ3) is 4.43. The number of nitrogens with zero attached hydrogens (tertiary/aromatic N) is 1. The van der Waals surface area contributed by atoms with Crippen molar-refractivity contribution in [1.29, 1.82) is 0 Å². The number of hydrogen-bond donors (Lipinski definition) is 2. The summed E-state index contributed by atoms with van der Waals surface area (Å²) >= 11 is 0. The number of ether oxygens (including phenoxy) is 2. The van der Waals surface area contributed by atoms with Crippen LogP contribution in [0.25, 0.3) is 0 Å². The first-order valence-corrected chi connectivity index (χ1v) is 6.52. The third-order valence-electron chi connectivity index (χ3n) is 3.40. The maximum atomic E-state index is 5.86. The van der Waals surface area contributed by atoms with Crippen LogP contribution in [-0.2, 0) is 0 Å². The van der Waals surface area contributed by atoms with Gasteiger partial charge in [-0.1, -0.05) is 6.42 Å². The highest BCUT2D eigenvalue weighted by atomic mass is 127. The van der Waals surface area contributed by atoms with E-state index in [1.165, 1.54) is 19.3 Å². The number of benzene rings is 1. The minimum absolute atomic E-state index is 0. The van der Waals surface area contributed by atoms with Crippen molar-refractivity contribution in [1.82, 2.24) is 0 Å². The van der Waals surface area contributed by atoms with Gasteiger partial charge in [-0.05, 0) is 30.9 Å². The molecule has 0 aliphatic heterocycles. The van der Waals surface area contributed by atoms with Crippen molar-refractivity contribution in [3.05, 3.63) is 18.2 Å². The van der Waals surface area contributed by atoms with Crippen molar-refractivity contribution in [3.8, 4) is 11.5 Å². The number of guanidine groups is 1. The van der Waals surface area contributed by atoms with Gasteiger partial charge in [-0.2, -0.15) is 0 Å². The molecule has 6 heteroatoms. The highest BCUT2D eigenvalue weighted by molar-refractivity contribution is 14.0. The highest BCUT2D eigenvalue weighted by Gasteiger charge is 2.16. The monoisotopic (exact) mass is 391 g/mol. The normalized spacial score (nSPS) is 15.0. The van der Waals surface area contributed by atoms with E-state index in [0.717, 1.165) is 12.2 Å². The summed E-state index contributed by atoms with van der Waals surface area (Å²) in [6, 6.07) is 5.55. The fourth-order valence-electron chi connectivity index (χ4n) is 2.00. The van der Waals surface area contributed by atoms with Crippen LogP contribution in [0.1, 0.15) is 19.3 Å². The molecule has 0 atom stereocenters. The molecule has 5 nitrogen and oxygen atoms in total. The SMILES string of the molecule is COc1ccc(NC(N)=NCC2CCC2)cc1OC.I. The predicted molar refractivity (Wildman–Crippen MR) is 92.4 cm³/mol. The Morgan fingerprint density at radius 1 is 1.30 bits per heavy atom. The lowest BCUT2D eigenvalue weighted by atomic mass is 9.86. The molecule has 0 amide bonds. The van der Waals surface area contributed by atoms with Gasteiger partial charge in [0.15, 0.2) is 17.5 Å². The smallest absolute Gasteiger partial charge is 0.193 e. The van der Waals surface area contributed by atoms with Crippen LogP contribution in [0.15, 0.2) is 23.2 Å². The predicted octanol–water partition coefficient (Wildman–Crippen LogP) is 2.85. The molecule has 112 valence electrons. The number of rotatable bonds is 5. The van der Waals surface area contributed by atoms with Gasteiger partial charge in [0.1, 0.15) is 0 Å². The first-order chi connectivity index (χ1) is 9.22. The third-order valence-corrected chi connectivity index (χ3v) is 3.40. The van der Waals surface area contributed by atoms with Gasteiger partial charge in [0, 0.05) is 18.3 Å². The number of hydrogen-bond acceptors (Lipinski definition) is 3. The van der Waals surface area contributed by atoms with Crippen LogP contribution in [0.4, 0.5) is 5.69 Å². The highest BCUT2D eigenvalue weighted by Crippen LogP contribution is 2.29. The Morgan fingerprint density at radius 2 is 2.00 bits per heavy atom. The molecule has 0 unspecified atom stereocenters. The maximum Gasteiger partial charge on any atom is 0.193 e. The molecule has 1 aliphatic rings. The Balaban J connectivity index is 0.00000200. The van der Waals surface area contributed by atoms with E-state index in [4.69, 9.17) is 15.2 Å². The largest absolute Gasteiger partial charge is 0.493 e. The molecule has 0 aromatic heterocycles. The maximum absolute atomic E-state index is 5.86. The molecule has 1 saturated carbocycles. The van der Waals surface area contributed by atoms with Crippen molar-refractivity contribution in [3.63, 3.8) is 0 Å². The van der Waals surface area contributed by atoms with Crippen LogP contribution in [-0.4, -0.2) is 26.7 Å². The topological polar surface area (TPSA) is 68.9 Å². The minimum Gasteiger partial charge on any atom is -0.493 e. The Labute approximate surface area is 137 Å². The number of nitrogens with one attached hydrogen (secondary N) is 1. The molecule has 1 aromatic carbocycles. The summed E-state index contributed by atoms with van der Waals surface area (Å²) in [4.78, 5) is 4.35. The first-order valence-electron chi connectivity index (χ1n) is 6.52. The van der Waals surface area contributed by atoms with Crippen molar-refractivity contribution in [2.24, 2.45) is 16.6 Å². The summed E-state index contributed by atoms with van der Waals surface area (Å²) in [5.41, 5.74) is 6.70. The van der Waals surface area contributed by atoms with Gasteiger partial charge >= 0.3 is 0 Å². The van der Waals surface area contributed by atoms with E-state index in [0.29, 0.717) is 23.4 Å². The second-order valence-electron chi connectivity index (χ2n) is 4.72. The fraction of sp³-hybridized carbons (Fsp3) is 0.500. The van der Waals surface area contributed by atoms with E-state index < -0.39 is 0 Å². The standard InChI is InChI=1S/C14H21N3O2.HI/c1-18-12-7-6-11(8-13(12)19-2)17-14(15)16-9-10-4-3-5-10;/h6-8,10H,3-5,9H2,1-2H3,(H3,15,16,17);1H. The van der Waals surface area contributed by atoms with Crippen molar-refractivity contribution in [2.75, 3.05) is 26.1 Å². The molecule has 1 aromatic rings. The lowest BCUT2D eigenvalue weighted by Gasteiger charge is -2.23. The molecule has 0 saturated heterocycles. The zero-order valence-corrected chi connectivity index (χ0v) is 14.2. The Morgan fingerprint density at radius 3 is 2.55 bits per heavy atom. The average molecular weight is 391 g/mol. The van der Waals surface area contributed by atoms with Gasteiger partial charge in [0.25, 0.3) is 0 Å². The van der Waals surface area contributed by atoms with Gasteiger partial charge in [0.2, 0.25) is 0 Å². The van der Waals surface area contributed by atoms with E-state index in [9.17, 15) is 0 Å². The Bertz CT molecular complexity index is 462. The van der Waals surface area contributed by atoms with Gasteiger partial charge in [-0.3, -0.25) is 4.99 Å². The van der Waals surface area contributed by atoms with E-state index >= 15 is 0 Å². The van der Waals surface area contributed by atoms with Gasteiger partial charge in [-0.15, -0.1) is 24.0 Å². The van der Waals surface area contributed by atoms with Crippen LogP contribution >= 0.6 is 24.0 Å². The van der Waals surface area contributed by atoms with Gasteiger partial charge in [0.05, 0.1) is 14.2 Å². The van der Waals surface area contributed by atoms with E-state index in [-0.39, 0.29) is 24.0 Å². The van der Waals surface area contributed by atoms with E-state index in [1.54, 1.807) is 14.2 Å². The molecular formula is C14H22IN3O2. The van der Waals surface area contributed by atoms with Crippen LogP contribution in [0.5, 0.6) is 11.5 Å². The van der Waals surface area contributed by atoms with Crippen LogP contribution < -0.4 is 20.5 Å². The lowest BCUT2D eigenvalue weighted by Crippen LogP contribution is -2.25. The summed E-state index contributed by atoms with van der Waals surface area (Å²) in [6.07, 6.45) is 3.86. The zero-order valence-electron chi connectivity index (χ0n) is 11.9. The molecule has 0 radical (unpaired) electrons. The Kier molecular flexibility index (Phi) is 6.90. The van der Waals surface area contributed by atoms with Gasteiger partial charge < -0.3 is 20.5 Å². The summed E-state index contributed by atoms with van der Waals surface area (Å²) in [6.45, 7) is 0.812. The molecule has 0 heterocycles. The van der Waals surface area contributed by atoms with Crippen LogP contribution in [0, 0.1) is 5.92 Å². The quantitative estimate of drug-likeness (QED) is 0.460. The van der Waals surface area contributed by atoms with Crippen molar-refractivity contribution < 1.29 is 9.47 Å². The lowest BCUT2D eigenvalue weighted by molar-refractivity contribution is 0.326. The number of methoxy groups -OCH3 is 2. The molecule has 1 fully saturated rings. The summed E-state index contributed by atoms with van der Waals surface area (Å²) in [7, 11) is 3.22. The summed E-state index contributed by atoms with van der Waals surface area (Å²) < 4.78 is 10.4.